The van der Waals surface area contributed by atoms with Crippen molar-refractivity contribution in [3.8, 4) is 0 Å². The normalized spacial score (nSPS) is 12.1. The number of para-hydroxylation sites is 1. The number of aromatic amines is 1. The summed E-state index contributed by atoms with van der Waals surface area (Å²) in [5.41, 5.74) is 4.97. The summed E-state index contributed by atoms with van der Waals surface area (Å²) in [6, 6.07) is 22.5. The zero-order valence-corrected chi connectivity index (χ0v) is 17.7. The predicted octanol–water partition coefficient (Wildman–Crippen LogP) is 4.76. The average Bonchev–Trinajstić information content (AvgIpc) is 3.42. The summed E-state index contributed by atoms with van der Waals surface area (Å²) in [6.07, 6.45) is 3.72. The zero-order valence-electron chi connectivity index (χ0n) is 17.7. The lowest BCUT2D eigenvalue weighted by Gasteiger charge is -2.18. The Balaban J connectivity index is 1.38. The number of carboxylic acids is 1. The SMILES string of the molecule is O=C(O)CC(c1ccccc1)n1cnc2cc(NC(=O)Cc3c[nH]c4ccccc34)ccc21. The Hall–Kier alpha value is -4.39. The monoisotopic (exact) mass is 438 g/mol. The van der Waals surface area contributed by atoms with Crippen LogP contribution < -0.4 is 5.32 Å². The van der Waals surface area contributed by atoms with Crippen molar-refractivity contribution in [3.05, 3.63) is 96.4 Å². The summed E-state index contributed by atoms with van der Waals surface area (Å²) in [4.78, 5) is 31.8. The van der Waals surface area contributed by atoms with Crippen molar-refractivity contribution >= 4 is 39.5 Å². The number of H-pyrrole nitrogens is 1. The third-order valence-corrected chi connectivity index (χ3v) is 5.77. The number of aliphatic carboxylic acids is 1. The molecule has 0 aliphatic heterocycles. The minimum absolute atomic E-state index is 0.0570. The minimum Gasteiger partial charge on any atom is -0.481 e. The Morgan fingerprint density at radius 3 is 2.64 bits per heavy atom. The maximum atomic E-state index is 12.7. The first-order valence-electron chi connectivity index (χ1n) is 10.7. The van der Waals surface area contributed by atoms with Gasteiger partial charge in [0, 0.05) is 22.8 Å². The van der Waals surface area contributed by atoms with Crippen LogP contribution in [0, 0.1) is 0 Å². The van der Waals surface area contributed by atoms with E-state index in [4.69, 9.17) is 0 Å². The van der Waals surface area contributed by atoms with Gasteiger partial charge >= 0.3 is 5.97 Å². The topological polar surface area (TPSA) is 100 Å². The fraction of sp³-hybridized carbons (Fsp3) is 0.115. The number of nitrogens with zero attached hydrogens (tertiary/aromatic N) is 2. The molecule has 0 saturated carbocycles. The number of hydrogen-bond donors (Lipinski definition) is 3. The van der Waals surface area contributed by atoms with Crippen molar-refractivity contribution in [2.45, 2.75) is 18.9 Å². The number of nitrogens with one attached hydrogen (secondary N) is 2. The van der Waals surface area contributed by atoms with Gasteiger partial charge in [0.2, 0.25) is 5.91 Å². The number of carbonyl (C=O) groups excluding carboxylic acids is 1. The first kappa shape index (κ1) is 20.5. The van der Waals surface area contributed by atoms with Gasteiger partial charge in [-0.3, -0.25) is 9.59 Å². The molecule has 7 heteroatoms. The average molecular weight is 438 g/mol. The molecule has 0 spiro atoms. The highest BCUT2D eigenvalue weighted by atomic mass is 16.4. The van der Waals surface area contributed by atoms with E-state index in [0.717, 1.165) is 27.5 Å². The van der Waals surface area contributed by atoms with Gasteiger partial charge in [-0.05, 0) is 35.4 Å². The largest absolute Gasteiger partial charge is 0.481 e. The molecule has 5 rings (SSSR count). The molecule has 1 unspecified atom stereocenters. The summed E-state index contributed by atoms with van der Waals surface area (Å²) in [7, 11) is 0. The molecule has 0 aliphatic carbocycles. The van der Waals surface area contributed by atoms with E-state index in [2.05, 4.69) is 15.3 Å². The molecule has 3 aromatic carbocycles. The number of rotatable bonds is 7. The number of anilines is 1. The van der Waals surface area contributed by atoms with E-state index in [9.17, 15) is 14.7 Å². The molecule has 5 aromatic rings. The van der Waals surface area contributed by atoms with Crippen molar-refractivity contribution in [2.75, 3.05) is 5.32 Å². The van der Waals surface area contributed by atoms with Crippen LogP contribution in [0.2, 0.25) is 0 Å². The quantitative estimate of drug-likeness (QED) is 0.341. The summed E-state index contributed by atoms with van der Waals surface area (Å²) < 4.78 is 1.87. The van der Waals surface area contributed by atoms with Gasteiger partial charge in [-0.15, -0.1) is 0 Å². The molecule has 0 fully saturated rings. The third kappa shape index (κ3) is 4.21. The second-order valence-electron chi connectivity index (χ2n) is 7.96. The Labute approximate surface area is 189 Å². The molecule has 2 heterocycles. The van der Waals surface area contributed by atoms with Crippen LogP contribution >= 0.6 is 0 Å². The molecule has 164 valence electrons. The predicted molar refractivity (Wildman–Crippen MR) is 127 cm³/mol. The number of amides is 1. The van der Waals surface area contributed by atoms with Crippen LogP contribution in [-0.4, -0.2) is 31.5 Å². The van der Waals surface area contributed by atoms with Crippen LogP contribution in [0.1, 0.15) is 23.6 Å². The summed E-state index contributed by atoms with van der Waals surface area (Å²) in [5, 5.41) is 13.4. The molecule has 0 saturated heterocycles. The first-order chi connectivity index (χ1) is 16.1. The number of fused-ring (bicyclic) bond motifs is 2. The number of benzene rings is 3. The summed E-state index contributed by atoms with van der Waals surface area (Å²) >= 11 is 0. The van der Waals surface area contributed by atoms with Gasteiger partial charge < -0.3 is 20.0 Å². The van der Waals surface area contributed by atoms with Crippen LogP contribution in [0.25, 0.3) is 21.9 Å². The number of imidazole rings is 1. The molecule has 2 aromatic heterocycles. The van der Waals surface area contributed by atoms with Crippen molar-refractivity contribution in [3.63, 3.8) is 0 Å². The third-order valence-electron chi connectivity index (χ3n) is 5.77. The highest BCUT2D eigenvalue weighted by Crippen LogP contribution is 2.28. The van der Waals surface area contributed by atoms with Crippen molar-refractivity contribution < 1.29 is 14.7 Å². The number of hydrogen-bond acceptors (Lipinski definition) is 3. The van der Waals surface area contributed by atoms with Crippen molar-refractivity contribution in [2.24, 2.45) is 0 Å². The van der Waals surface area contributed by atoms with E-state index >= 15 is 0 Å². The van der Waals surface area contributed by atoms with Gasteiger partial charge in [-0.1, -0.05) is 48.5 Å². The van der Waals surface area contributed by atoms with Crippen molar-refractivity contribution in [1.82, 2.24) is 14.5 Å². The number of aromatic nitrogens is 3. The molecule has 0 aliphatic rings. The fourth-order valence-electron chi connectivity index (χ4n) is 4.23. The smallest absolute Gasteiger partial charge is 0.305 e. The van der Waals surface area contributed by atoms with Gasteiger partial charge in [-0.25, -0.2) is 4.98 Å². The molecule has 1 amide bonds. The molecule has 1 atom stereocenters. The first-order valence-corrected chi connectivity index (χ1v) is 10.7. The highest BCUT2D eigenvalue weighted by Gasteiger charge is 2.20. The molecular weight excluding hydrogens is 416 g/mol. The van der Waals surface area contributed by atoms with E-state index in [-0.39, 0.29) is 24.8 Å². The lowest BCUT2D eigenvalue weighted by molar-refractivity contribution is -0.137. The Morgan fingerprint density at radius 2 is 1.82 bits per heavy atom. The van der Waals surface area contributed by atoms with Crippen molar-refractivity contribution in [1.29, 1.82) is 0 Å². The molecule has 0 bridgehead atoms. The van der Waals surface area contributed by atoms with Crippen LogP contribution in [0.5, 0.6) is 0 Å². The van der Waals surface area contributed by atoms with E-state index in [0.29, 0.717) is 11.2 Å². The Morgan fingerprint density at radius 1 is 1.03 bits per heavy atom. The zero-order chi connectivity index (χ0) is 22.8. The molecule has 3 N–H and O–H groups in total. The summed E-state index contributed by atoms with van der Waals surface area (Å²) in [6.45, 7) is 0. The standard InChI is InChI=1S/C26H22N4O3/c31-25(12-18-15-27-21-9-5-4-8-20(18)21)29-19-10-11-23-22(13-19)28-16-30(23)24(14-26(32)33)17-6-2-1-3-7-17/h1-11,13,15-16,24,27H,12,14H2,(H,29,31)(H,32,33). The van der Waals surface area contributed by atoms with Crippen LogP contribution in [0.4, 0.5) is 5.69 Å². The Bertz CT molecular complexity index is 1450. The molecule has 7 nitrogen and oxygen atoms in total. The summed E-state index contributed by atoms with van der Waals surface area (Å²) in [5.74, 6) is -1.00. The second kappa shape index (κ2) is 8.63. The van der Waals surface area contributed by atoms with Crippen LogP contribution in [0.15, 0.2) is 85.3 Å². The van der Waals surface area contributed by atoms with Gasteiger partial charge in [0.05, 0.1) is 36.2 Å². The fourth-order valence-corrected chi connectivity index (χ4v) is 4.23. The highest BCUT2D eigenvalue weighted by molar-refractivity contribution is 5.97. The van der Waals surface area contributed by atoms with E-state index in [1.807, 2.05) is 83.6 Å². The van der Waals surface area contributed by atoms with Gasteiger partial charge in [-0.2, -0.15) is 0 Å². The van der Waals surface area contributed by atoms with Gasteiger partial charge in [0.25, 0.3) is 0 Å². The maximum Gasteiger partial charge on any atom is 0.305 e. The van der Waals surface area contributed by atoms with Crippen LogP contribution in [-0.2, 0) is 16.0 Å². The van der Waals surface area contributed by atoms with E-state index in [1.165, 1.54) is 0 Å². The van der Waals surface area contributed by atoms with Gasteiger partial charge in [0.15, 0.2) is 0 Å². The molecule has 0 radical (unpaired) electrons. The number of carboxylic acid groups (broad SMARTS) is 1. The van der Waals surface area contributed by atoms with Crippen LogP contribution in [0.3, 0.4) is 0 Å². The molecule has 33 heavy (non-hydrogen) atoms. The molecular formula is C26H22N4O3. The Kier molecular flexibility index (Phi) is 5.36. The second-order valence-corrected chi connectivity index (χ2v) is 7.96. The van der Waals surface area contributed by atoms with E-state index in [1.54, 1.807) is 6.33 Å². The lowest BCUT2D eigenvalue weighted by Crippen LogP contribution is -2.15. The minimum atomic E-state index is -0.883. The van der Waals surface area contributed by atoms with E-state index < -0.39 is 5.97 Å². The number of carbonyl (C=O) groups is 2. The maximum absolute atomic E-state index is 12.7. The van der Waals surface area contributed by atoms with Gasteiger partial charge in [0.1, 0.15) is 0 Å². The lowest BCUT2D eigenvalue weighted by atomic mass is 10.0.